The summed E-state index contributed by atoms with van der Waals surface area (Å²) in [5.74, 6) is 0.578. The average molecular weight is 372 g/mol. The number of hydrogen-bond donors (Lipinski definition) is 2. The summed E-state index contributed by atoms with van der Waals surface area (Å²) in [6.07, 6.45) is 3.10. The number of ether oxygens (including phenoxy) is 1. The van der Waals surface area contributed by atoms with Crippen molar-refractivity contribution in [3.05, 3.63) is 89.0 Å². The molecule has 28 heavy (non-hydrogen) atoms. The summed E-state index contributed by atoms with van der Waals surface area (Å²) >= 11 is 0. The summed E-state index contributed by atoms with van der Waals surface area (Å²) in [4.78, 5) is 23.1. The molecule has 2 heterocycles. The maximum atomic E-state index is 12.1. The van der Waals surface area contributed by atoms with Crippen LogP contribution in [0.25, 0.3) is 10.9 Å². The lowest BCUT2D eigenvalue weighted by Gasteiger charge is -2.28. The van der Waals surface area contributed by atoms with Crippen molar-refractivity contribution in [1.82, 2.24) is 15.0 Å². The number of rotatable bonds is 5. The lowest BCUT2D eigenvalue weighted by atomic mass is 9.94. The fourth-order valence-electron chi connectivity index (χ4n) is 3.02. The molecule has 0 atom stereocenters. The van der Waals surface area contributed by atoms with Crippen molar-refractivity contribution in [2.75, 3.05) is 5.32 Å². The van der Waals surface area contributed by atoms with E-state index in [0.29, 0.717) is 16.7 Å². The number of aromatic nitrogens is 3. The van der Waals surface area contributed by atoms with E-state index in [4.69, 9.17) is 4.74 Å². The first kappa shape index (κ1) is 17.7. The van der Waals surface area contributed by atoms with Gasteiger partial charge in [-0.2, -0.15) is 4.98 Å². The van der Waals surface area contributed by atoms with Gasteiger partial charge in [0.2, 0.25) is 0 Å². The van der Waals surface area contributed by atoms with Crippen LogP contribution in [0.15, 0.2) is 77.9 Å². The molecule has 4 rings (SSSR count). The van der Waals surface area contributed by atoms with Crippen molar-refractivity contribution in [3.63, 3.8) is 0 Å². The summed E-state index contributed by atoms with van der Waals surface area (Å²) in [6, 6.07) is 19.5. The fourth-order valence-corrected chi connectivity index (χ4v) is 3.02. The minimum absolute atomic E-state index is 0.135. The minimum atomic E-state index is -0.259. The van der Waals surface area contributed by atoms with Crippen LogP contribution in [0.5, 0.6) is 11.8 Å². The van der Waals surface area contributed by atoms with Crippen LogP contribution in [0.4, 0.5) is 5.69 Å². The molecule has 0 radical (unpaired) electrons. The molecule has 0 aliphatic carbocycles. The normalized spacial score (nSPS) is 11.4. The molecular weight excluding hydrogens is 352 g/mol. The van der Waals surface area contributed by atoms with Crippen LogP contribution >= 0.6 is 0 Å². The van der Waals surface area contributed by atoms with E-state index in [9.17, 15) is 4.79 Å². The molecule has 6 nitrogen and oxygen atoms in total. The molecule has 0 aliphatic heterocycles. The van der Waals surface area contributed by atoms with E-state index in [0.717, 1.165) is 5.69 Å². The maximum absolute atomic E-state index is 12.1. The smallest absolute Gasteiger partial charge is 0.302 e. The molecule has 0 amide bonds. The highest BCUT2D eigenvalue weighted by molar-refractivity contribution is 5.76. The van der Waals surface area contributed by atoms with Crippen molar-refractivity contribution >= 4 is 16.6 Å². The van der Waals surface area contributed by atoms with Gasteiger partial charge in [0.25, 0.3) is 5.56 Å². The molecule has 2 aromatic carbocycles. The zero-order valence-corrected chi connectivity index (χ0v) is 15.6. The summed E-state index contributed by atoms with van der Waals surface area (Å²) in [6.45, 7) is 4.26. The Hall–Kier alpha value is -3.67. The Kier molecular flexibility index (Phi) is 4.53. The molecule has 0 saturated carbocycles. The number of aromatic amines is 1. The van der Waals surface area contributed by atoms with Gasteiger partial charge in [0.05, 0.1) is 22.6 Å². The highest BCUT2D eigenvalue weighted by Gasteiger charge is 2.19. The summed E-state index contributed by atoms with van der Waals surface area (Å²) in [5.41, 5.74) is 2.17. The van der Waals surface area contributed by atoms with E-state index < -0.39 is 0 Å². The second-order valence-electron chi connectivity index (χ2n) is 7.01. The lowest BCUT2D eigenvalue weighted by Crippen LogP contribution is -2.27. The molecule has 0 bridgehead atoms. The number of pyridine rings is 1. The lowest BCUT2D eigenvalue weighted by molar-refractivity contribution is 0.442. The number of anilines is 1. The van der Waals surface area contributed by atoms with Crippen LogP contribution in [0.1, 0.15) is 19.4 Å². The first-order chi connectivity index (χ1) is 13.5. The van der Waals surface area contributed by atoms with Gasteiger partial charge in [0, 0.05) is 11.9 Å². The Morgan fingerprint density at radius 1 is 1.00 bits per heavy atom. The number of H-pyrrole nitrogens is 1. The van der Waals surface area contributed by atoms with Crippen molar-refractivity contribution in [2.24, 2.45) is 0 Å². The topological polar surface area (TPSA) is 79.9 Å². The third-order valence-corrected chi connectivity index (χ3v) is 4.51. The van der Waals surface area contributed by atoms with Crippen molar-refractivity contribution in [2.45, 2.75) is 19.4 Å². The zero-order chi connectivity index (χ0) is 19.6. The molecule has 0 saturated heterocycles. The highest BCUT2D eigenvalue weighted by atomic mass is 16.5. The molecule has 0 fully saturated rings. The highest BCUT2D eigenvalue weighted by Crippen LogP contribution is 2.27. The molecule has 2 N–H and O–H groups in total. The van der Waals surface area contributed by atoms with E-state index >= 15 is 0 Å². The Bertz CT molecular complexity index is 1150. The van der Waals surface area contributed by atoms with Crippen LogP contribution < -0.4 is 15.6 Å². The standard InChI is InChI=1S/C22H20N4O2/c1-22(2,15-6-4-3-5-7-15)26-16-8-10-17(11-9-16)28-21-24-19-14-23-13-12-18(19)20(27)25-21/h3-14,26H,1-2H3,(H,24,25,27). The zero-order valence-electron chi connectivity index (χ0n) is 15.6. The van der Waals surface area contributed by atoms with Gasteiger partial charge in [-0.05, 0) is 49.7 Å². The number of hydrogen-bond acceptors (Lipinski definition) is 5. The predicted octanol–water partition coefficient (Wildman–Crippen LogP) is 4.46. The van der Waals surface area contributed by atoms with E-state index in [2.05, 4.69) is 46.2 Å². The van der Waals surface area contributed by atoms with E-state index in [1.54, 1.807) is 12.3 Å². The molecule has 6 heteroatoms. The van der Waals surface area contributed by atoms with Gasteiger partial charge in [0.15, 0.2) is 0 Å². The summed E-state index contributed by atoms with van der Waals surface area (Å²) in [7, 11) is 0. The van der Waals surface area contributed by atoms with Crippen LogP contribution in [0, 0.1) is 0 Å². The van der Waals surface area contributed by atoms with Crippen LogP contribution in [-0.2, 0) is 5.54 Å². The number of fused-ring (bicyclic) bond motifs is 1. The fraction of sp³-hybridized carbons (Fsp3) is 0.136. The quantitative estimate of drug-likeness (QED) is 0.541. The molecular formula is C22H20N4O2. The third-order valence-electron chi connectivity index (χ3n) is 4.51. The Balaban J connectivity index is 1.52. The van der Waals surface area contributed by atoms with Gasteiger partial charge in [-0.3, -0.25) is 14.8 Å². The average Bonchev–Trinajstić information content (AvgIpc) is 2.70. The maximum Gasteiger partial charge on any atom is 0.302 e. The molecule has 0 aliphatic rings. The summed E-state index contributed by atoms with van der Waals surface area (Å²) in [5, 5.41) is 4.00. The van der Waals surface area contributed by atoms with E-state index in [1.807, 2.05) is 42.5 Å². The second-order valence-corrected chi connectivity index (χ2v) is 7.01. The van der Waals surface area contributed by atoms with E-state index in [-0.39, 0.29) is 17.1 Å². The summed E-state index contributed by atoms with van der Waals surface area (Å²) < 4.78 is 5.71. The molecule has 2 aromatic heterocycles. The second kappa shape index (κ2) is 7.15. The minimum Gasteiger partial charge on any atom is -0.426 e. The van der Waals surface area contributed by atoms with Gasteiger partial charge < -0.3 is 10.1 Å². The van der Waals surface area contributed by atoms with Crippen LogP contribution in [0.3, 0.4) is 0 Å². The first-order valence-corrected chi connectivity index (χ1v) is 8.97. The van der Waals surface area contributed by atoms with Crippen molar-refractivity contribution < 1.29 is 4.74 Å². The predicted molar refractivity (Wildman–Crippen MR) is 110 cm³/mol. The van der Waals surface area contributed by atoms with Crippen LogP contribution in [-0.4, -0.2) is 15.0 Å². The van der Waals surface area contributed by atoms with Crippen molar-refractivity contribution in [1.29, 1.82) is 0 Å². The molecule has 140 valence electrons. The largest absolute Gasteiger partial charge is 0.426 e. The van der Waals surface area contributed by atoms with Gasteiger partial charge in [-0.15, -0.1) is 0 Å². The first-order valence-electron chi connectivity index (χ1n) is 8.97. The van der Waals surface area contributed by atoms with Crippen LogP contribution in [0.2, 0.25) is 0 Å². The van der Waals surface area contributed by atoms with Gasteiger partial charge in [-0.1, -0.05) is 30.3 Å². The monoisotopic (exact) mass is 372 g/mol. The molecule has 0 spiro atoms. The van der Waals surface area contributed by atoms with Gasteiger partial charge >= 0.3 is 6.01 Å². The number of nitrogens with one attached hydrogen (secondary N) is 2. The van der Waals surface area contributed by atoms with E-state index in [1.165, 1.54) is 11.8 Å². The molecule has 4 aromatic rings. The Morgan fingerprint density at radius 3 is 2.50 bits per heavy atom. The number of benzene rings is 2. The third kappa shape index (κ3) is 3.71. The van der Waals surface area contributed by atoms with Gasteiger partial charge in [0.1, 0.15) is 5.75 Å². The Morgan fingerprint density at radius 2 is 1.75 bits per heavy atom. The van der Waals surface area contributed by atoms with Gasteiger partial charge in [-0.25, -0.2) is 0 Å². The SMILES string of the molecule is CC(C)(Nc1ccc(Oc2nc3cnccc3c(=O)[nH]2)cc1)c1ccccc1. The van der Waals surface area contributed by atoms with Crippen molar-refractivity contribution in [3.8, 4) is 11.8 Å². The molecule has 0 unspecified atom stereocenters. The Labute approximate surface area is 162 Å². The number of nitrogens with zero attached hydrogens (tertiary/aromatic N) is 2.